The molecule has 154 valence electrons. The Bertz CT molecular complexity index is 1340. The average molecular weight is 449 g/mol. The first-order valence-corrected chi connectivity index (χ1v) is 9.34. The van der Waals surface area contributed by atoms with Crippen LogP contribution >= 0.6 is 23.2 Å². The van der Waals surface area contributed by atoms with Crippen molar-refractivity contribution >= 4 is 23.2 Å². The van der Waals surface area contributed by atoms with Crippen molar-refractivity contribution in [1.29, 1.82) is 5.26 Å². The first-order valence-electron chi connectivity index (χ1n) is 8.59. The minimum absolute atomic E-state index is 0.00627. The van der Waals surface area contributed by atoms with E-state index in [2.05, 4.69) is 15.3 Å². The van der Waals surface area contributed by atoms with Crippen LogP contribution in [-0.2, 0) is 6.42 Å². The molecular weight excluding hydrogens is 435 g/mol. The van der Waals surface area contributed by atoms with Crippen molar-refractivity contribution in [2.45, 2.75) is 20.3 Å². The predicted molar refractivity (Wildman–Crippen MR) is 109 cm³/mol. The first-order chi connectivity index (χ1) is 14.2. The van der Waals surface area contributed by atoms with Crippen LogP contribution in [0.5, 0.6) is 11.6 Å². The fourth-order valence-electron chi connectivity index (χ4n) is 2.58. The number of ether oxygens (including phenoxy) is 1. The third-order valence-corrected chi connectivity index (χ3v) is 4.46. The van der Waals surface area contributed by atoms with Crippen LogP contribution in [0.15, 0.2) is 32.6 Å². The highest BCUT2D eigenvalue weighted by Gasteiger charge is 2.16. The Balaban J connectivity index is 2.01. The molecular formula is C18H14Cl2N6O4. The maximum atomic E-state index is 12.1. The summed E-state index contributed by atoms with van der Waals surface area (Å²) < 4.78 is 6.38. The van der Waals surface area contributed by atoms with Crippen molar-refractivity contribution in [2.24, 2.45) is 5.92 Å². The molecule has 0 bridgehead atoms. The van der Waals surface area contributed by atoms with Gasteiger partial charge in [0, 0.05) is 17.7 Å². The number of hydrogen-bond acceptors (Lipinski definition) is 7. The van der Waals surface area contributed by atoms with Crippen LogP contribution in [0.1, 0.15) is 25.1 Å². The summed E-state index contributed by atoms with van der Waals surface area (Å²) >= 11 is 12.5. The number of hydrogen-bond donors (Lipinski definition) is 2. The van der Waals surface area contributed by atoms with Gasteiger partial charge in [-0.05, 0) is 18.4 Å². The van der Waals surface area contributed by atoms with Crippen molar-refractivity contribution in [1.82, 2.24) is 25.0 Å². The lowest BCUT2D eigenvalue weighted by molar-refractivity contribution is 0.452. The summed E-state index contributed by atoms with van der Waals surface area (Å²) in [6.07, 6.45) is 0.531. The Morgan fingerprint density at radius 2 is 1.90 bits per heavy atom. The smallest absolute Gasteiger partial charge is 0.349 e. The highest BCUT2D eigenvalue weighted by atomic mass is 35.5. The molecule has 0 unspecified atom stereocenters. The lowest BCUT2D eigenvalue weighted by Crippen LogP contribution is -2.33. The number of benzene rings is 1. The first kappa shape index (κ1) is 21.3. The number of nitriles is 1. The minimum Gasteiger partial charge on any atom is -0.436 e. The SMILES string of the molecule is CC(C)Cc1cc(Oc2cc(Cl)c(-n3nc(C#N)c(=O)[nH]c3=O)cc2Cl)n[nH]c1=O. The predicted octanol–water partition coefficient (Wildman–Crippen LogP) is 2.17. The average Bonchev–Trinajstić information content (AvgIpc) is 2.67. The normalized spacial score (nSPS) is 10.8. The Hall–Kier alpha value is -3.42. The Morgan fingerprint density at radius 3 is 2.57 bits per heavy atom. The highest BCUT2D eigenvalue weighted by Crippen LogP contribution is 2.34. The summed E-state index contributed by atoms with van der Waals surface area (Å²) in [6, 6.07) is 5.69. The van der Waals surface area contributed by atoms with Crippen molar-refractivity contribution in [2.75, 3.05) is 0 Å². The third-order valence-electron chi connectivity index (χ3n) is 3.86. The maximum absolute atomic E-state index is 12.1. The Morgan fingerprint density at radius 1 is 1.17 bits per heavy atom. The molecule has 2 aromatic heterocycles. The summed E-state index contributed by atoms with van der Waals surface area (Å²) in [5, 5.41) is 18.9. The van der Waals surface area contributed by atoms with E-state index in [-0.39, 0.29) is 38.8 Å². The van der Waals surface area contributed by atoms with Crippen molar-refractivity contribution in [3.63, 3.8) is 0 Å². The number of aromatic amines is 2. The molecule has 0 amide bonds. The highest BCUT2D eigenvalue weighted by molar-refractivity contribution is 6.35. The van der Waals surface area contributed by atoms with Gasteiger partial charge in [0.15, 0.2) is 0 Å². The van der Waals surface area contributed by atoms with Gasteiger partial charge in [-0.25, -0.2) is 9.89 Å². The molecule has 0 atom stereocenters. The lowest BCUT2D eigenvalue weighted by Gasteiger charge is -2.12. The van der Waals surface area contributed by atoms with Crippen LogP contribution in [-0.4, -0.2) is 25.0 Å². The number of halogens is 2. The number of rotatable bonds is 5. The molecule has 0 aliphatic carbocycles. The number of nitrogens with zero attached hydrogens (tertiary/aromatic N) is 4. The summed E-state index contributed by atoms with van der Waals surface area (Å²) in [5.41, 5.74) is -2.11. The quantitative estimate of drug-likeness (QED) is 0.607. The van der Waals surface area contributed by atoms with Gasteiger partial charge < -0.3 is 4.74 Å². The molecule has 3 rings (SSSR count). The number of nitrogens with one attached hydrogen (secondary N) is 2. The molecule has 0 fully saturated rings. The summed E-state index contributed by atoms with van der Waals surface area (Å²) in [6.45, 7) is 3.95. The second-order valence-corrected chi connectivity index (χ2v) is 7.44. The van der Waals surface area contributed by atoms with E-state index in [9.17, 15) is 14.4 Å². The van der Waals surface area contributed by atoms with E-state index >= 15 is 0 Å². The van der Waals surface area contributed by atoms with Gasteiger partial charge in [-0.1, -0.05) is 37.0 Å². The molecule has 0 saturated heterocycles. The number of H-pyrrole nitrogens is 2. The van der Waals surface area contributed by atoms with E-state index < -0.39 is 16.9 Å². The molecule has 0 spiro atoms. The molecule has 0 aliphatic rings. The number of aromatic nitrogens is 5. The maximum Gasteiger partial charge on any atom is 0.349 e. The van der Waals surface area contributed by atoms with Crippen molar-refractivity contribution < 1.29 is 4.74 Å². The molecule has 0 radical (unpaired) electrons. The summed E-state index contributed by atoms with van der Waals surface area (Å²) in [4.78, 5) is 37.4. The fraction of sp³-hybridized carbons (Fsp3) is 0.222. The molecule has 12 heteroatoms. The van der Waals surface area contributed by atoms with Crippen molar-refractivity contribution in [3.05, 3.63) is 70.7 Å². The second-order valence-electron chi connectivity index (χ2n) is 6.63. The van der Waals surface area contributed by atoms with Gasteiger partial charge in [-0.15, -0.1) is 10.2 Å². The van der Waals surface area contributed by atoms with Crippen LogP contribution in [0.25, 0.3) is 5.69 Å². The molecule has 30 heavy (non-hydrogen) atoms. The summed E-state index contributed by atoms with van der Waals surface area (Å²) in [7, 11) is 0. The topological polar surface area (TPSA) is 147 Å². The zero-order valence-electron chi connectivity index (χ0n) is 15.7. The fourth-order valence-corrected chi connectivity index (χ4v) is 3.01. The largest absolute Gasteiger partial charge is 0.436 e. The van der Waals surface area contributed by atoms with E-state index in [0.717, 1.165) is 4.68 Å². The van der Waals surface area contributed by atoms with Gasteiger partial charge in [0.1, 0.15) is 11.8 Å². The zero-order valence-corrected chi connectivity index (χ0v) is 17.2. The molecule has 3 aromatic rings. The van der Waals surface area contributed by atoms with E-state index in [1.54, 1.807) is 6.07 Å². The lowest BCUT2D eigenvalue weighted by atomic mass is 10.1. The van der Waals surface area contributed by atoms with Crippen LogP contribution < -0.4 is 21.5 Å². The van der Waals surface area contributed by atoms with Crippen LogP contribution in [0.2, 0.25) is 10.0 Å². The monoisotopic (exact) mass is 448 g/mol. The minimum atomic E-state index is -0.915. The molecule has 0 saturated carbocycles. The van der Waals surface area contributed by atoms with Gasteiger partial charge in [0.25, 0.3) is 11.1 Å². The molecule has 1 aromatic carbocycles. The van der Waals surface area contributed by atoms with Gasteiger partial charge in [0.2, 0.25) is 11.6 Å². The van der Waals surface area contributed by atoms with E-state index in [4.69, 9.17) is 33.2 Å². The Labute approximate surface area is 178 Å². The molecule has 0 aliphatic heterocycles. The zero-order chi connectivity index (χ0) is 22.0. The van der Waals surface area contributed by atoms with Gasteiger partial charge in [0.05, 0.1) is 15.7 Å². The van der Waals surface area contributed by atoms with Gasteiger partial charge >= 0.3 is 5.69 Å². The van der Waals surface area contributed by atoms with E-state index in [1.807, 2.05) is 18.8 Å². The van der Waals surface area contributed by atoms with Gasteiger partial charge in [-0.2, -0.15) is 9.94 Å². The summed E-state index contributed by atoms with van der Waals surface area (Å²) in [5.74, 6) is 0.459. The van der Waals surface area contributed by atoms with Crippen LogP contribution in [0, 0.1) is 17.2 Å². The van der Waals surface area contributed by atoms with E-state index in [1.165, 1.54) is 18.2 Å². The molecule has 2 heterocycles. The van der Waals surface area contributed by atoms with Crippen LogP contribution in [0.4, 0.5) is 0 Å². The standard InChI is InChI=1S/C18H14Cl2N6O4/c1-8(2)3-9-4-15(23-24-16(9)27)30-14-6-10(19)13(5-11(14)20)26-18(29)22-17(28)12(7-21)25-26/h4-6,8H,3H2,1-2H3,(H,24,27)(H,22,28,29). The molecule has 10 nitrogen and oxygen atoms in total. The van der Waals surface area contributed by atoms with E-state index in [0.29, 0.717) is 12.0 Å². The second kappa shape index (κ2) is 8.52. The van der Waals surface area contributed by atoms with Gasteiger partial charge in [-0.3, -0.25) is 14.6 Å². The molecule has 2 N–H and O–H groups in total. The third kappa shape index (κ3) is 4.42. The van der Waals surface area contributed by atoms with Crippen LogP contribution in [0.3, 0.4) is 0 Å². The Kier molecular flexibility index (Phi) is 6.05. The van der Waals surface area contributed by atoms with Crippen molar-refractivity contribution in [3.8, 4) is 23.4 Å².